The van der Waals surface area contributed by atoms with Crippen LogP contribution in [0.5, 0.6) is 0 Å². The number of thiol groups is 1. The summed E-state index contributed by atoms with van der Waals surface area (Å²) in [4.78, 5) is 48.7. The van der Waals surface area contributed by atoms with E-state index in [2.05, 4.69) is 44.3 Å². The SMILES string of the molecule is CCCC(S)CCCCC(=O)NCCOC(=O)C(C)(CC)CC(C)(C)C(=O)NCCC[N+](C)(C)CCCC(=O)O. The van der Waals surface area contributed by atoms with Crippen LogP contribution in [0.2, 0.25) is 0 Å². The van der Waals surface area contributed by atoms with E-state index in [1.165, 1.54) is 0 Å². The molecule has 0 fully saturated rings. The molecule has 40 heavy (non-hydrogen) atoms. The summed E-state index contributed by atoms with van der Waals surface area (Å²) < 4.78 is 6.20. The van der Waals surface area contributed by atoms with Gasteiger partial charge in [0.1, 0.15) is 6.61 Å². The van der Waals surface area contributed by atoms with Crippen molar-refractivity contribution in [1.82, 2.24) is 10.6 Å². The molecule has 2 unspecified atom stereocenters. The molecule has 0 aliphatic carbocycles. The fraction of sp³-hybridized carbons (Fsp3) is 0.867. The van der Waals surface area contributed by atoms with E-state index in [-0.39, 0.29) is 37.4 Å². The zero-order valence-corrected chi connectivity index (χ0v) is 27.2. The van der Waals surface area contributed by atoms with Gasteiger partial charge in [-0.05, 0) is 39.0 Å². The maximum absolute atomic E-state index is 13.0. The minimum Gasteiger partial charge on any atom is -0.481 e. The number of rotatable bonds is 23. The van der Waals surface area contributed by atoms with Gasteiger partial charge in [0.15, 0.2) is 0 Å². The fourth-order valence-electron chi connectivity index (χ4n) is 4.86. The molecule has 234 valence electrons. The standard InChI is InChI=1S/C30H57N3O6S/c1-8-14-24(40)15-10-11-16-25(34)31-19-22-39-28(38)30(5,9-2)23-29(3,4)27(37)32-18-13-21-33(6,7)20-12-17-26(35)36/h24H,8-23H2,1-7H3,(H3-,31,32,34,35,36,37,40)/p+1. The third-order valence-corrected chi connectivity index (χ3v) is 8.09. The summed E-state index contributed by atoms with van der Waals surface area (Å²) >= 11 is 4.55. The first-order valence-electron chi connectivity index (χ1n) is 15.0. The molecule has 0 aliphatic rings. The van der Waals surface area contributed by atoms with Gasteiger partial charge in [0.25, 0.3) is 0 Å². The highest BCUT2D eigenvalue weighted by atomic mass is 32.1. The maximum atomic E-state index is 13.0. The van der Waals surface area contributed by atoms with Gasteiger partial charge in [-0.1, -0.05) is 40.5 Å². The molecule has 0 heterocycles. The summed E-state index contributed by atoms with van der Waals surface area (Å²) in [6.07, 6.45) is 7.90. The van der Waals surface area contributed by atoms with Crippen LogP contribution in [0.4, 0.5) is 0 Å². The van der Waals surface area contributed by atoms with Crippen LogP contribution in [0.15, 0.2) is 0 Å². The van der Waals surface area contributed by atoms with Gasteiger partial charge >= 0.3 is 11.9 Å². The second-order valence-electron chi connectivity index (χ2n) is 12.6. The molecular formula is C30H58N3O6S+. The molecule has 0 radical (unpaired) electrons. The maximum Gasteiger partial charge on any atom is 0.311 e. The van der Waals surface area contributed by atoms with Crippen molar-refractivity contribution in [3.63, 3.8) is 0 Å². The van der Waals surface area contributed by atoms with Crippen LogP contribution in [0.1, 0.15) is 105 Å². The minimum absolute atomic E-state index is 0.0410. The molecule has 0 aromatic rings. The number of hydrogen-bond donors (Lipinski definition) is 4. The Hall–Kier alpha value is -1.81. The number of nitrogens with zero attached hydrogens (tertiary/aromatic N) is 1. The lowest BCUT2D eigenvalue weighted by Crippen LogP contribution is -2.45. The predicted molar refractivity (Wildman–Crippen MR) is 163 cm³/mol. The van der Waals surface area contributed by atoms with E-state index in [0.717, 1.165) is 51.6 Å². The van der Waals surface area contributed by atoms with Gasteiger partial charge in [-0.15, -0.1) is 0 Å². The smallest absolute Gasteiger partial charge is 0.311 e. The van der Waals surface area contributed by atoms with E-state index >= 15 is 0 Å². The molecule has 0 spiro atoms. The lowest BCUT2D eigenvalue weighted by molar-refractivity contribution is -0.890. The lowest BCUT2D eigenvalue weighted by atomic mass is 9.72. The monoisotopic (exact) mass is 588 g/mol. The fourth-order valence-corrected chi connectivity index (χ4v) is 5.30. The summed E-state index contributed by atoms with van der Waals surface area (Å²) in [5, 5.41) is 15.0. The highest BCUT2D eigenvalue weighted by Gasteiger charge is 2.42. The molecule has 2 amide bonds. The molecule has 0 aromatic heterocycles. The predicted octanol–water partition coefficient (Wildman–Crippen LogP) is 4.58. The number of amides is 2. The first-order valence-corrected chi connectivity index (χ1v) is 15.5. The molecule has 0 rings (SSSR count). The van der Waals surface area contributed by atoms with Gasteiger partial charge in [-0.3, -0.25) is 19.2 Å². The molecule has 0 bridgehead atoms. The Labute approximate surface area is 248 Å². The largest absolute Gasteiger partial charge is 0.481 e. The average molecular weight is 589 g/mol. The van der Waals surface area contributed by atoms with Crippen molar-refractivity contribution >= 4 is 36.4 Å². The van der Waals surface area contributed by atoms with Gasteiger partial charge in [-0.25, -0.2) is 0 Å². The molecule has 0 saturated carbocycles. The zero-order chi connectivity index (χ0) is 30.8. The molecule has 0 aromatic carbocycles. The molecule has 0 aliphatic heterocycles. The Morgan fingerprint density at radius 3 is 2.15 bits per heavy atom. The number of quaternary nitrogens is 1. The van der Waals surface area contributed by atoms with E-state index in [1.54, 1.807) is 0 Å². The first-order chi connectivity index (χ1) is 18.6. The number of nitrogens with one attached hydrogen (secondary N) is 2. The lowest BCUT2D eigenvalue weighted by Gasteiger charge is -2.34. The number of carbonyl (C=O) groups excluding carboxylic acids is 3. The van der Waals surface area contributed by atoms with Gasteiger partial charge in [0.2, 0.25) is 11.8 Å². The van der Waals surface area contributed by atoms with E-state index in [9.17, 15) is 19.2 Å². The molecule has 3 N–H and O–H groups in total. The van der Waals surface area contributed by atoms with Crippen molar-refractivity contribution in [3.8, 4) is 0 Å². The highest BCUT2D eigenvalue weighted by Crippen LogP contribution is 2.37. The van der Waals surface area contributed by atoms with Crippen molar-refractivity contribution in [2.75, 3.05) is 46.9 Å². The number of carbonyl (C=O) groups is 4. The van der Waals surface area contributed by atoms with E-state index < -0.39 is 16.8 Å². The number of carboxylic acid groups (broad SMARTS) is 1. The van der Waals surface area contributed by atoms with Gasteiger partial charge in [0.05, 0.1) is 45.6 Å². The van der Waals surface area contributed by atoms with Crippen molar-refractivity contribution in [3.05, 3.63) is 0 Å². The third-order valence-electron chi connectivity index (χ3n) is 7.57. The number of aliphatic carboxylic acids is 1. The summed E-state index contributed by atoms with van der Waals surface area (Å²) in [5.41, 5.74) is -1.59. The topological polar surface area (TPSA) is 122 Å². The Balaban J connectivity index is 4.47. The number of hydrogen-bond acceptors (Lipinski definition) is 6. The van der Waals surface area contributed by atoms with Crippen molar-refractivity contribution in [2.24, 2.45) is 10.8 Å². The number of ether oxygens (including phenoxy) is 1. The molecule has 0 saturated heterocycles. The van der Waals surface area contributed by atoms with Crippen LogP contribution in [0.3, 0.4) is 0 Å². The van der Waals surface area contributed by atoms with E-state index in [1.807, 2.05) is 27.7 Å². The van der Waals surface area contributed by atoms with E-state index in [4.69, 9.17) is 9.84 Å². The summed E-state index contributed by atoms with van der Waals surface area (Å²) in [5.74, 6) is -1.29. The number of unbranched alkanes of at least 4 members (excludes halogenated alkanes) is 1. The number of esters is 1. The molecule has 2 atom stereocenters. The second-order valence-corrected chi connectivity index (χ2v) is 13.4. The first kappa shape index (κ1) is 38.2. The Kier molecular flexibility index (Phi) is 18.5. The van der Waals surface area contributed by atoms with Crippen LogP contribution in [-0.4, -0.2) is 85.5 Å². The molecular weight excluding hydrogens is 530 g/mol. The Morgan fingerprint density at radius 2 is 1.55 bits per heavy atom. The van der Waals surface area contributed by atoms with Crippen molar-refractivity contribution in [1.29, 1.82) is 0 Å². The van der Waals surface area contributed by atoms with Gasteiger partial charge < -0.3 is 25.0 Å². The minimum atomic E-state index is -0.824. The Bertz CT molecular complexity index is 789. The van der Waals surface area contributed by atoms with Crippen LogP contribution >= 0.6 is 12.6 Å². The van der Waals surface area contributed by atoms with Crippen molar-refractivity contribution in [2.45, 2.75) is 110 Å². The van der Waals surface area contributed by atoms with Crippen LogP contribution < -0.4 is 10.6 Å². The summed E-state index contributed by atoms with van der Waals surface area (Å²) in [6, 6.07) is 0. The average Bonchev–Trinajstić information content (AvgIpc) is 2.86. The summed E-state index contributed by atoms with van der Waals surface area (Å²) in [7, 11) is 4.12. The quantitative estimate of drug-likeness (QED) is 0.0600. The van der Waals surface area contributed by atoms with Crippen LogP contribution in [0, 0.1) is 10.8 Å². The van der Waals surface area contributed by atoms with E-state index in [0.29, 0.717) is 42.0 Å². The van der Waals surface area contributed by atoms with Gasteiger partial charge in [0, 0.05) is 36.5 Å². The molecule has 9 nitrogen and oxygen atoms in total. The van der Waals surface area contributed by atoms with Crippen LogP contribution in [0.25, 0.3) is 0 Å². The summed E-state index contributed by atoms with van der Waals surface area (Å²) in [6.45, 7) is 12.0. The third kappa shape index (κ3) is 17.1. The van der Waals surface area contributed by atoms with Gasteiger partial charge in [-0.2, -0.15) is 12.6 Å². The molecule has 10 heteroatoms. The number of carboxylic acids is 1. The highest BCUT2D eigenvalue weighted by molar-refractivity contribution is 7.80. The zero-order valence-electron chi connectivity index (χ0n) is 26.3. The van der Waals surface area contributed by atoms with Crippen molar-refractivity contribution < 1.29 is 33.5 Å². The Morgan fingerprint density at radius 1 is 0.900 bits per heavy atom. The second kappa shape index (κ2) is 19.3. The normalized spacial score (nSPS) is 14.2. The van der Waals surface area contributed by atoms with Crippen LogP contribution in [-0.2, 0) is 23.9 Å².